The number of rotatable bonds is 3. The van der Waals surface area contributed by atoms with Crippen LogP contribution in [-0.4, -0.2) is 48.3 Å². The molecule has 3 fully saturated rings. The van der Waals surface area contributed by atoms with E-state index >= 15 is 0 Å². The minimum atomic E-state index is -0.672. The van der Waals surface area contributed by atoms with E-state index in [2.05, 4.69) is 25.7 Å². The first-order valence-corrected chi connectivity index (χ1v) is 11.4. The number of hydrogen-bond acceptors (Lipinski definition) is 4. The Balaban J connectivity index is 1.43. The van der Waals surface area contributed by atoms with Crippen molar-refractivity contribution >= 4 is 29.0 Å². The summed E-state index contributed by atoms with van der Waals surface area (Å²) in [6.45, 7) is 0.813. The topological polar surface area (TPSA) is 94.8 Å². The van der Waals surface area contributed by atoms with Gasteiger partial charge in [0.25, 0.3) is 5.82 Å². The zero-order chi connectivity index (χ0) is 21.8. The Labute approximate surface area is 184 Å². The predicted octanol–water partition coefficient (Wildman–Crippen LogP) is 3.96. The van der Waals surface area contributed by atoms with Gasteiger partial charge in [-0.1, -0.05) is 0 Å². The van der Waals surface area contributed by atoms with Crippen LogP contribution in [0.1, 0.15) is 37.7 Å². The molecule has 2 N–H and O–H groups in total. The van der Waals surface area contributed by atoms with Crippen LogP contribution in [0.2, 0.25) is 0 Å². The molecule has 0 spiro atoms. The van der Waals surface area contributed by atoms with Gasteiger partial charge in [-0.25, -0.2) is 18.9 Å². The second-order valence-electron chi connectivity index (χ2n) is 9.36. The standard InChI is InChI=1S/C24H24FN5O2/c25-16-8-17-18(11-28-21(17)27-10-16)22-26-9-15-2-1-7-30(23(15)29-22)12-19-13-3-5-14(6-4-13)20(19)24(31)32/h8-14,19-20H,1-7H2,(H-,26,27,28,29,31,32)/p+1/b30-12-/t13?,14?,19?,20-/m1/s1. The molecule has 7 rings (SSSR count). The van der Waals surface area contributed by atoms with Crippen molar-refractivity contribution in [2.75, 3.05) is 6.54 Å². The number of fused-ring (bicyclic) bond motifs is 5. The molecule has 1 aliphatic heterocycles. The number of pyridine rings is 1. The molecule has 7 nitrogen and oxygen atoms in total. The van der Waals surface area contributed by atoms with Crippen molar-refractivity contribution in [1.82, 2.24) is 19.9 Å². The number of aryl methyl sites for hydroxylation is 1. The van der Waals surface area contributed by atoms with Gasteiger partial charge < -0.3 is 10.1 Å². The maximum Gasteiger partial charge on any atom is 0.330 e. The molecule has 3 aromatic rings. The van der Waals surface area contributed by atoms with Crippen LogP contribution in [0.15, 0.2) is 24.7 Å². The van der Waals surface area contributed by atoms with Crippen molar-refractivity contribution in [3.05, 3.63) is 36.0 Å². The highest BCUT2D eigenvalue weighted by Gasteiger charge is 2.47. The lowest BCUT2D eigenvalue weighted by molar-refractivity contribution is -0.449. The summed E-state index contributed by atoms with van der Waals surface area (Å²) in [5.74, 6) is 0.710. The first-order valence-electron chi connectivity index (χ1n) is 11.4. The van der Waals surface area contributed by atoms with Gasteiger partial charge >= 0.3 is 11.8 Å². The Kier molecular flexibility index (Phi) is 4.55. The predicted molar refractivity (Wildman–Crippen MR) is 116 cm³/mol. The lowest BCUT2D eigenvalue weighted by atomic mass is 9.59. The molecule has 3 saturated carbocycles. The van der Waals surface area contributed by atoms with Crippen molar-refractivity contribution in [1.29, 1.82) is 0 Å². The largest absolute Gasteiger partial charge is 0.481 e. The summed E-state index contributed by atoms with van der Waals surface area (Å²) in [5, 5.41) is 10.6. The molecule has 2 bridgehead atoms. The Bertz CT molecular complexity index is 1240. The van der Waals surface area contributed by atoms with Crippen LogP contribution in [0, 0.1) is 29.5 Å². The molecule has 0 amide bonds. The van der Waals surface area contributed by atoms with Crippen molar-refractivity contribution < 1.29 is 18.9 Å². The third kappa shape index (κ3) is 3.12. The van der Waals surface area contributed by atoms with E-state index in [1.54, 1.807) is 6.20 Å². The lowest BCUT2D eigenvalue weighted by Gasteiger charge is -2.45. The molecule has 2 atom stereocenters. The zero-order valence-corrected chi connectivity index (χ0v) is 17.7. The van der Waals surface area contributed by atoms with Crippen LogP contribution >= 0.6 is 0 Å². The number of carbonyl (C=O) groups is 1. The molecule has 0 aromatic carbocycles. The molecule has 3 aromatic heterocycles. The lowest BCUT2D eigenvalue weighted by Crippen LogP contribution is -2.46. The second-order valence-corrected chi connectivity index (χ2v) is 9.36. The number of aromatic nitrogens is 4. The number of halogens is 1. The molecular formula is C24H25FN5O2+. The molecule has 4 heterocycles. The van der Waals surface area contributed by atoms with E-state index in [4.69, 9.17) is 4.98 Å². The quantitative estimate of drug-likeness (QED) is 0.609. The van der Waals surface area contributed by atoms with Gasteiger partial charge in [-0.05, 0) is 61.4 Å². The monoisotopic (exact) mass is 434 g/mol. The van der Waals surface area contributed by atoms with E-state index in [-0.39, 0.29) is 17.8 Å². The van der Waals surface area contributed by atoms with Gasteiger partial charge in [0.1, 0.15) is 11.5 Å². The fourth-order valence-corrected chi connectivity index (χ4v) is 6.09. The van der Waals surface area contributed by atoms with Crippen molar-refractivity contribution in [2.45, 2.75) is 38.5 Å². The van der Waals surface area contributed by atoms with E-state index in [1.165, 1.54) is 12.3 Å². The molecule has 4 aliphatic rings. The van der Waals surface area contributed by atoms with Crippen molar-refractivity contribution in [2.24, 2.45) is 23.7 Å². The number of nitrogens with zero attached hydrogens (tertiary/aromatic N) is 4. The summed E-state index contributed by atoms with van der Waals surface area (Å²) in [6.07, 6.45) is 13.1. The van der Waals surface area contributed by atoms with Crippen LogP contribution in [0.25, 0.3) is 22.4 Å². The SMILES string of the molecule is O=C(O)[C@@H]1C2CCC(CC2)C1/C=[N+]1/CCCc2cnc(-c3c[nH]c4ncc(F)cc34)nc21. The first kappa shape index (κ1) is 19.5. The highest BCUT2D eigenvalue weighted by atomic mass is 19.1. The summed E-state index contributed by atoms with van der Waals surface area (Å²) >= 11 is 0. The molecule has 32 heavy (non-hydrogen) atoms. The summed E-state index contributed by atoms with van der Waals surface area (Å²) in [5.41, 5.74) is 2.36. The fraction of sp³-hybridized carbons (Fsp3) is 0.458. The summed E-state index contributed by atoms with van der Waals surface area (Å²) in [6, 6.07) is 1.44. The smallest absolute Gasteiger partial charge is 0.330 e. The van der Waals surface area contributed by atoms with E-state index in [1.807, 2.05) is 6.20 Å². The number of nitrogens with one attached hydrogen (secondary N) is 1. The molecule has 0 radical (unpaired) electrons. The van der Waals surface area contributed by atoms with E-state index in [9.17, 15) is 14.3 Å². The summed E-state index contributed by atoms with van der Waals surface area (Å²) < 4.78 is 16.0. The normalized spacial score (nSPS) is 28.2. The van der Waals surface area contributed by atoms with Crippen LogP contribution in [0.3, 0.4) is 0 Å². The molecule has 3 aliphatic carbocycles. The molecule has 164 valence electrons. The Hall–Kier alpha value is -3.16. The minimum absolute atomic E-state index is 0.0377. The number of aromatic amines is 1. The Morgan fingerprint density at radius 1 is 1.19 bits per heavy atom. The van der Waals surface area contributed by atoms with Crippen LogP contribution in [0.4, 0.5) is 10.2 Å². The molecule has 8 heteroatoms. The van der Waals surface area contributed by atoms with Gasteiger partial charge in [0, 0.05) is 23.7 Å². The van der Waals surface area contributed by atoms with E-state index < -0.39 is 11.8 Å². The maximum absolute atomic E-state index is 13.8. The van der Waals surface area contributed by atoms with Gasteiger partial charge in [0.15, 0.2) is 0 Å². The van der Waals surface area contributed by atoms with Gasteiger partial charge in [-0.15, -0.1) is 0 Å². The number of H-pyrrole nitrogens is 1. The molecule has 0 saturated heterocycles. The fourth-order valence-electron chi connectivity index (χ4n) is 6.09. The number of aliphatic carboxylic acids is 1. The zero-order valence-electron chi connectivity index (χ0n) is 17.7. The Morgan fingerprint density at radius 2 is 2.00 bits per heavy atom. The third-order valence-electron chi connectivity index (χ3n) is 7.62. The van der Waals surface area contributed by atoms with Gasteiger partial charge in [0.05, 0.1) is 36.0 Å². The number of hydrogen-bond donors (Lipinski definition) is 2. The minimum Gasteiger partial charge on any atom is -0.481 e. The summed E-state index contributed by atoms with van der Waals surface area (Å²) in [4.78, 5) is 28.7. The summed E-state index contributed by atoms with van der Waals surface area (Å²) in [7, 11) is 0. The van der Waals surface area contributed by atoms with Gasteiger partial charge in [0.2, 0.25) is 0 Å². The van der Waals surface area contributed by atoms with Crippen LogP contribution in [0.5, 0.6) is 0 Å². The highest BCUT2D eigenvalue weighted by Crippen LogP contribution is 2.48. The molecular weight excluding hydrogens is 409 g/mol. The number of carboxylic acids is 1. The van der Waals surface area contributed by atoms with Gasteiger partial charge in [-0.3, -0.25) is 4.79 Å². The van der Waals surface area contributed by atoms with Crippen molar-refractivity contribution in [3.8, 4) is 11.4 Å². The van der Waals surface area contributed by atoms with E-state index in [0.29, 0.717) is 28.3 Å². The number of carboxylic acid groups (broad SMARTS) is 1. The second kappa shape index (κ2) is 7.46. The molecule has 1 unspecified atom stereocenters. The van der Waals surface area contributed by atoms with Crippen molar-refractivity contribution in [3.63, 3.8) is 0 Å². The maximum atomic E-state index is 13.8. The third-order valence-corrected chi connectivity index (χ3v) is 7.62. The van der Waals surface area contributed by atoms with E-state index in [0.717, 1.165) is 56.5 Å². The average molecular weight is 434 g/mol. The van der Waals surface area contributed by atoms with Gasteiger partial charge in [-0.2, -0.15) is 0 Å². The first-order chi connectivity index (χ1) is 15.6. The highest BCUT2D eigenvalue weighted by molar-refractivity contribution is 5.91. The van der Waals surface area contributed by atoms with Crippen LogP contribution in [-0.2, 0) is 11.2 Å². The van der Waals surface area contributed by atoms with Crippen LogP contribution < -0.4 is 0 Å². The Morgan fingerprint density at radius 3 is 2.81 bits per heavy atom. The average Bonchev–Trinajstić information content (AvgIpc) is 3.22.